The Balaban J connectivity index is 1.66. The SMILES string of the molecule is N#Cc1ccc(Cl)cc1S[C@H]1O[C@H](CO)[C@H](O)[C@H](n2cc(-c3cc(F)c(Cl)c(F)c3)cn2)[C@H]1O. The highest BCUT2D eigenvalue weighted by Gasteiger charge is 2.46. The molecule has 0 radical (unpaired) electrons. The zero-order valence-corrected chi connectivity index (χ0v) is 19.5. The lowest BCUT2D eigenvalue weighted by Crippen LogP contribution is -2.55. The van der Waals surface area contributed by atoms with Crippen LogP contribution in [0, 0.1) is 23.0 Å². The maximum Gasteiger partial charge on any atom is 0.145 e. The van der Waals surface area contributed by atoms with Gasteiger partial charge in [0.25, 0.3) is 0 Å². The average Bonchev–Trinajstić information content (AvgIpc) is 3.29. The smallest absolute Gasteiger partial charge is 0.145 e. The van der Waals surface area contributed by atoms with Crippen molar-refractivity contribution in [3.8, 4) is 17.2 Å². The molecular weight excluding hydrogens is 511 g/mol. The van der Waals surface area contributed by atoms with Crippen molar-refractivity contribution in [3.63, 3.8) is 0 Å². The molecule has 178 valence electrons. The fourth-order valence-electron chi connectivity index (χ4n) is 3.66. The highest BCUT2D eigenvalue weighted by molar-refractivity contribution is 7.99. The molecule has 0 saturated carbocycles. The van der Waals surface area contributed by atoms with Gasteiger partial charge in [-0.15, -0.1) is 0 Å². The van der Waals surface area contributed by atoms with E-state index in [1.165, 1.54) is 23.1 Å². The summed E-state index contributed by atoms with van der Waals surface area (Å²) < 4.78 is 34.7. The van der Waals surface area contributed by atoms with E-state index in [0.29, 0.717) is 21.0 Å². The number of nitriles is 1. The van der Waals surface area contributed by atoms with Gasteiger partial charge in [0.15, 0.2) is 0 Å². The predicted molar refractivity (Wildman–Crippen MR) is 121 cm³/mol. The zero-order chi connectivity index (χ0) is 24.6. The van der Waals surface area contributed by atoms with E-state index >= 15 is 0 Å². The first kappa shape index (κ1) is 24.9. The fourth-order valence-corrected chi connectivity index (χ4v) is 5.19. The number of nitrogens with zero attached hydrogens (tertiary/aromatic N) is 3. The average molecular weight is 528 g/mol. The molecule has 1 saturated heterocycles. The summed E-state index contributed by atoms with van der Waals surface area (Å²) in [5, 5.41) is 44.8. The van der Waals surface area contributed by atoms with Crippen LogP contribution in [-0.4, -0.2) is 55.5 Å². The van der Waals surface area contributed by atoms with Gasteiger partial charge >= 0.3 is 0 Å². The maximum absolute atomic E-state index is 13.9. The van der Waals surface area contributed by atoms with Crippen LogP contribution in [-0.2, 0) is 4.74 Å². The Bertz CT molecular complexity index is 1230. The lowest BCUT2D eigenvalue weighted by molar-refractivity contribution is -0.178. The van der Waals surface area contributed by atoms with Gasteiger partial charge in [0.05, 0.1) is 18.4 Å². The number of thioether (sulfide) groups is 1. The summed E-state index contributed by atoms with van der Waals surface area (Å²) in [6.45, 7) is -0.552. The van der Waals surface area contributed by atoms with E-state index in [2.05, 4.69) is 5.10 Å². The van der Waals surface area contributed by atoms with Gasteiger partial charge in [-0.1, -0.05) is 35.0 Å². The van der Waals surface area contributed by atoms with Crippen molar-refractivity contribution in [3.05, 3.63) is 70.0 Å². The molecule has 0 spiro atoms. The van der Waals surface area contributed by atoms with E-state index in [-0.39, 0.29) is 5.56 Å². The molecule has 1 aliphatic rings. The van der Waals surface area contributed by atoms with Crippen molar-refractivity contribution < 1.29 is 28.8 Å². The molecule has 12 heteroatoms. The van der Waals surface area contributed by atoms with Gasteiger partial charge in [0.2, 0.25) is 0 Å². The van der Waals surface area contributed by atoms with E-state index in [9.17, 15) is 29.4 Å². The van der Waals surface area contributed by atoms with Crippen LogP contribution in [0.1, 0.15) is 11.6 Å². The summed E-state index contributed by atoms with van der Waals surface area (Å²) in [5.74, 6) is -1.88. The number of benzene rings is 2. The largest absolute Gasteiger partial charge is 0.394 e. The third-order valence-electron chi connectivity index (χ3n) is 5.38. The zero-order valence-electron chi connectivity index (χ0n) is 17.1. The topological polar surface area (TPSA) is 112 Å². The second kappa shape index (κ2) is 10.2. The van der Waals surface area contributed by atoms with Gasteiger partial charge in [0.1, 0.15) is 52.5 Å². The van der Waals surface area contributed by atoms with Crippen molar-refractivity contribution in [2.24, 2.45) is 0 Å². The Labute approximate surface area is 207 Å². The fraction of sp³-hybridized carbons (Fsp3) is 0.273. The number of aliphatic hydroxyl groups is 3. The van der Waals surface area contributed by atoms with E-state index in [1.807, 2.05) is 6.07 Å². The Hall–Kier alpha value is -2.23. The lowest BCUT2D eigenvalue weighted by atomic mass is 9.97. The third-order valence-corrected chi connectivity index (χ3v) is 7.19. The minimum Gasteiger partial charge on any atom is -0.394 e. The van der Waals surface area contributed by atoms with Crippen LogP contribution < -0.4 is 0 Å². The Morgan fingerprint density at radius 2 is 1.82 bits per heavy atom. The van der Waals surface area contributed by atoms with Gasteiger partial charge < -0.3 is 20.1 Å². The molecular formula is C22H17Cl2F2N3O4S. The molecule has 2 heterocycles. The standard InChI is InChI=1S/C22H17Cl2F2N3O4S/c23-13-2-1-10(6-27)17(5-13)34-22-21(32)19(20(31)16(9-30)33-22)29-8-12(7-28-29)11-3-14(25)18(24)15(26)4-11/h1-5,7-8,16,19-22,30-32H,9H2/t16-,19+,20+,21-,22-/m1/s1. The van der Waals surface area contributed by atoms with Gasteiger partial charge in [0, 0.05) is 21.7 Å². The summed E-state index contributed by atoms with van der Waals surface area (Å²) in [6.07, 6.45) is -1.06. The van der Waals surface area contributed by atoms with Crippen LogP contribution in [0.4, 0.5) is 8.78 Å². The van der Waals surface area contributed by atoms with Crippen LogP contribution in [0.5, 0.6) is 0 Å². The molecule has 0 bridgehead atoms. The number of ether oxygens (including phenoxy) is 1. The first-order valence-electron chi connectivity index (χ1n) is 9.91. The second-order valence-corrected chi connectivity index (χ2v) is 9.48. The number of aliphatic hydroxyl groups excluding tert-OH is 3. The van der Waals surface area contributed by atoms with E-state index < -0.39 is 53.1 Å². The van der Waals surface area contributed by atoms with Gasteiger partial charge in [-0.25, -0.2) is 8.78 Å². The van der Waals surface area contributed by atoms with Gasteiger partial charge in [-0.2, -0.15) is 10.4 Å². The van der Waals surface area contributed by atoms with Crippen molar-refractivity contribution in [2.45, 2.75) is 34.7 Å². The van der Waals surface area contributed by atoms with E-state index in [1.54, 1.807) is 12.1 Å². The van der Waals surface area contributed by atoms with Crippen LogP contribution in [0.2, 0.25) is 10.0 Å². The highest BCUT2D eigenvalue weighted by Crippen LogP contribution is 2.40. The summed E-state index contributed by atoms with van der Waals surface area (Å²) in [5.41, 5.74) is -0.230. The summed E-state index contributed by atoms with van der Waals surface area (Å²) in [4.78, 5) is 0.444. The van der Waals surface area contributed by atoms with Crippen molar-refractivity contribution in [1.82, 2.24) is 9.78 Å². The van der Waals surface area contributed by atoms with Crippen molar-refractivity contribution >= 4 is 35.0 Å². The quantitative estimate of drug-likeness (QED) is 0.433. The molecule has 1 aromatic heterocycles. The number of hydrogen-bond donors (Lipinski definition) is 3. The van der Waals surface area contributed by atoms with Crippen LogP contribution in [0.15, 0.2) is 47.6 Å². The predicted octanol–water partition coefficient (Wildman–Crippen LogP) is 3.78. The van der Waals surface area contributed by atoms with E-state index in [0.717, 1.165) is 23.9 Å². The first-order valence-corrected chi connectivity index (χ1v) is 11.5. The normalized spacial score (nSPS) is 24.7. The number of rotatable bonds is 5. The number of halogens is 4. The van der Waals surface area contributed by atoms with Crippen LogP contribution >= 0.6 is 35.0 Å². The Morgan fingerprint density at radius 1 is 1.12 bits per heavy atom. The molecule has 3 aromatic rings. The molecule has 0 amide bonds. The lowest BCUT2D eigenvalue weighted by Gasteiger charge is -2.42. The van der Waals surface area contributed by atoms with Crippen molar-refractivity contribution in [1.29, 1.82) is 5.26 Å². The third kappa shape index (κ3) is 4.78. The minimum atomic E-state index is -1.36. The van der Waals surface area contributed by atoms with E-state index in [4.69, 9.17) is 27.9 Å². The molecule has 2 aromatic carbocycles. The molecule has 1 fully saturated rings. The molecule has 1 aliphatic heterocycles. The molecule has 0 unspecified atom stereocenters. The van der Waals surface area contributed by atoms with Gasteiger partial charge in [-0.05, 0) is 35.9 Å². The summed E-state index contributed by atoms with van der Waals surface area (Å²) in [6, 6.07) is 7.67. The minimum absolute atomic E-state index is 0.156. The second-order valence-electron chi connectivity index (χ2n) is 7.53. The molecule has 0 aliphatic carbocycles. The summed E-state index contributed by atoms with van der Waals surface area (Å²) >= 11 is 12.6. The molecule has 5 atom stereocenters. The summed E-state index contributed by atoms with van der Waals surface area (Å²) in [7, 11) is 0. The maximum atomic E-state index is 13.9. The molecule has 4 rings (SSSR count). The van der Waals surface area contributed by atoms with Crippen LogP contribution in [0.25, 0.3) is 11.1 Å². The molecule has 34 heavy (non-hydrogen) atoms. The van der Waals surface area contributed by atoms with Gasteiger partial charge in [-0.3, -0.25) is 4.68 Å². The first-order chi connectivity index (χ1) is 16.2. The molecule has 7 nitrogen and oxygen atoms in total. The number of hydrogen-bond acceptors (Lipinski definition) is 7. The van der Waals surface area contributed by atoms with Crippen molar-refractivity contribution in [2.75, 3.05) is 6.61 Å². The molecule has 3 N–H and O–H groups in total. The van der Waals surface area contributed by atoms with Crippen LogP contribution in [0.3, 0.4) is 0 Å². The Kier molecular flexibility index (Phi) is 7.45. The highest BCUT2D eigenvalue weighted by atomic mass is 35.5. The monoisotopic (exact) mass is 527 g/mol. The Morgan fingerprint density at radius 3 is 2.47 bits per heavy atom. The number of aromatic nitrogens is 2.